The fourth-order valence-electron chi connectivity index (χ4n) is 2.05. The highest BCUT2D eigenvalue weighted by molar-refractivity contribution is 6.42. The minimum absolute atomic E-state index is 0.0232. The van der Waals surface area contributed by atoms with Crippen LogP contribution >= 0.6 is 23.2 Å². The van der Waals surface area contributed by atoms with E-state index in [-0.39, 0.29) is 6.04 Å². The van der Waals surface area contributed by atoms with Gasteiger partial charge in [0.2, 0.25) is 0 Å². The molecule has 16 heavy (non-hydrogen) atoms. The van der Waals surface area contributed by atoms with Crippen LogP contribution in [0.3, 0.4) is 0 Å². The molecule has 0 amide bonds. The lowest BCUT2D eigenvalue weighted by atomic mass is 10.2. The highest BCUT2D eigenvalue weighted by atomic mass is 35.5. The van der Waals surface area contributed by atoms with Gasteiger partial charge in [-0.05, 0) is 31.0 Å². The van der Waals surface area contributed by atoms with Crippen molar-refractivity contribution in [3.8, 4) is 6.07 Å². The molecule has 2 rings (SSSR count). The van der Waals surface area contributed by atoms with Crippen molar-refractivity contribution < 1.29 is 0 Å². The summed E-state index contributed by atoms with van der Waals surface area (Å²) < 4.78 is 0. The van der Waals surface area contributed by atoms with Crippen LogP contribution in [-0.2, 0) is 6.54 Å². The number of rotatable bonds is 2. The van der Waals surface area contributed by atoms with Gasteiger partial charge in [-0.25, -0.2) is 0 Å². The Bertz CT molecular complexity index is 426. The maximum Gasteiger partial charge on any atom is 0.0981 e. The summed E-state index contributed by atoms with van der Waals surface area (Å²) in [5.41, 5.74) is 0.997. The average molecular weight is 255 g/mol. The van der Waals surface area contributed by atoms with Crippen LogP contribution in [0.2, 0.25) is 10.0 Å². The zero-order valence-electron chi connectivity index (χ0n) is 8.79. The Kier molecular flexibility index (Phi) is 3.70. The molecule has 0 N–H and O–H groups in total. The molecule has 1 aromatic carbocycles. The summed E-state index contributed by atoms with van der Waals surface area (Å²) in [6, 6.07) is 7.97. The van der Waals surface area contributed by atoms with Crippen molar-refractivity contribution in [2.75, 3.05) is 6.54 Å². The van der Waals surface area contributed by atoms with Gasteiger partial charge in [0.05, 0.1) is 22.2 Å². The molecule has 0 saturated carbocycles. The Hall–Kier alpha value is -0.750. The van der Waals surface area contributed by atoms with E-state index >= 15 is 0 Å². The number of benzene rings is 1. The van der Waals surface area contributed by atoms with Crippen molar-refractivity contribution in [2.24, 2.45) is 0 Å². The number of likely N-dealkylation sites (tertiary alicyclic amines) is 1. The van der Waals surface area contributed by atoms with E-state index in [2.05, 4.69) is 11.0 Å². The molecular formula is C12H12Cl2N2. The van der Waals surface area contributed by atoms with Crippen LogP contribution in [0.25, 0.3) is 0 Å². The minimum atomic E-state index is 0.0232. The van der Waals surface area contributed by atoms with E-state index in [1.54, 1.807) is 6.07 Å². The lowest BCUT2D eigenvalue weighted by molar-refractivity contribution is 0.286. The standard InChI is InChI=1S/C12H12Cl2N2/c13-11-5-1-3-9(12(11)14)8-16-6-2-4-10(16)7-15/h1,3,5,10H,2,4,6,8H2. The van der Waals surface area contributed by atoms with Crippen molar-refractivity contribution in [1.82, 2.24) is 4.90 Å². The summed E-state index contributed by atoms with van der Waals surface area (Å²) >= 11 is 12.1. The maximum atomic E-state index is 8.99. The van der Waals surface area contributed by atoms with Gasteiger partial charge in [0.15, 0.2) is 0 Å². The first-order valence-electron chi connectivity index (χ1n) is 5.29. The molecule has 1 unspecified atom stereocenters. The van der Waals surface area contributed by atoms with E-state index in [0.29, 0.717) is 16.6 Å². The summed E-state index contributed by atoms with van der Waals surface area (Å²) in [7, 11) is 0. The summed E-state index contributed by atoms with van der Waals surface area (Å²) in [4.78, 5) is 2.15. The molecule has 0 bridgehead atoms. The van der Waals surface area contributed by atoms with Crippen molar-refractivity contribution in [2.45, 2.75) is 25.4 Å². The Morgan fingerprint density at radius 2 is 2.25 bits per heavy atom. The van der Waals surface area contributed by atoms with E-state index in [1.165, 1.54) is 0 Å². The molecule has 1 fully saturated rings. The molecule has 0 aromatic heterocycles. The molecule has 2 nitrogen and oxygen atoms in total. The summed E-state index contributed by atoms with van der Waals surface area (Å²) in [5.74, 6) is 0. The molecule has 0 radical (unpaired) electrons. The van der Waals surface area contributed by atoms with Crippen LogP contribution in [0.4, 0.5) is 0 Å². The molecule has 0 spiro atoms. The lowest BCUT2D eigenvalue weighted by Crippen LogP contribution is -2.27. The Labute approximate surface area is 105 Å². The van der Waals surface area contributed by atoms with Crippen molar-refractivity contribution in [1.29, 1.82) is 5.26 Å². The summed E-state index contributed by atoms with van der Waals surface area (Å²) in [6.45, 7) is 1.67. The fraction of sp³-hybridized carbons (Fsp3) is 0.417. The van der Waals surface area contributed by atoms with E-state index in [9.17, 15) is 0 Å². The monoisotopic (exact) mass is 254 g/mol. The normalized spacial score (nSPS) is 20.9. The van der Waals surface area contributed by atoms with Crippen molar-refractivity contribution >= 4 is 23.2 Å². The van der Waals surface area contributed by atoms with Gasteiger partial charge in [0.1, 0.15) is 0 Å². The van der Waals surface area contributed by atoms with E-state index in [4.69, 9.17) is 28.5 Å². The number of hydrogen-bond acceptors (Lipinski definition) is 2. The van der Waals surface area contributed by atoms with E-state index in [0.717, 1.165) is 24.9 Å². The van der Waals surface area contributed by atoms with Gasteiger partial charge in [-0.3, -0.25) is 4.90 Å². The van der Waals surface area contributed by atoms with Gasteiger partial charge in [-0.1, -0.05) is 35.3 Å². The zero-order chi connectivity index (χ0) is 11.5. The molecular weight excluding hydrogens is 243 g/mol. The smallest absolute Gasteiger partial charge is 0.0981 e. The van der Waals surface area contributed by atoms with Crippen molar-refractivity contribution in [3.05, 3.63) is 33.8 Å². The number of nitriles is 1. The van der Waals surface area contributed by atoms with Crippen LogP contribution in [0.1, 0.15) is 18.4 Å². The van der Waals surface area contributed by atoms with Crippen LogP contribution < -0.4 is 0 Å². The second-order valence-corrected chi connectivity index (χ2v) is 4.76. The number of nitrogens with zero attached hydrogens (tertiary/aromatic N) is 2. The third kappa shape index (κ3) is 2.32. The first-order valence-corrected chi connectivity index (χ1v) is 6.04. The third-order valence-electron chi connectivity index (χ3n) is 2.92. The third-order valence-corrected chi connectivity index (χ3v) is 3.78. The molecule has 4 heteroatoms. The van der Waals surface area contributed by atoms with Crippen LogP contribution in [-0.4, -0.2) is 17.5 Å². The second kappa shape index (κ2) is 5.05. The summed E-state index contributed by atoms with van der Waals surface area (Å²) in [6.07, 6.45) is 2.03. The van der Waals surface area contributed by atoms with E-state index in [1.807, 2.05) is 12.1 Å². The highest BCUT2D eigenvalue weighted by Crippen LogP contribution is 2.28. The second-order valence-electron chi connectivity index (χ2n) is 3.97. The predicted octanol–water partition coefficient (Wildman–Crippen LogP) is 3.48. The van der Waals surface area contributed by atoms with Crippen LogP contribution in [0.5, 0.6) is 0 Å². The number of halogens is 2. The van der Waals surface area contributed by atoms with Gasteiger partial charge in [-0.15, -0.1) is 0 Å². The Morgan fingerprint density at radius 1 is 1.44 bits per heavy atom. The molecule has 1 saturated heterocycles. The van der Waals surface area contributed by atoms with Crippen molar-refractivity contribution in [3.63, 3.8) is 0 Å². The molecule has 84 valence electrons. The van der Waals surface area contributed by atoms with Crippen LogP contribution in [0, 0.1) is 11.3 Å². The van der Waals surface area contributed by atoms with Crippen LogP contribution in [0.15, 0.2) is 18.2 Å². The molecule has 1 aliphatic heterocycles. The lowest BCUT2D eigenvalue weighted by Gasteiger charge is -2.19. The minimum Gasteiger partial charge on any atom is -0.284 e. The maximum absolute atomic E-state index is 8.99. The molecule has 1 aliphatic rings. The fourth-order valence-corrected chi connectivity index (χ4v) is 2.43. The quantitative estimate of drug-likeness (QED) is 0.808. The van der Waals surface area contributed by atoms with Gasteiger partial charge in [0.25, 0.3) is 0 Å². The molecule has 0 aliphatic carbocycles. The Balaban J connectivity index is 2.15. The van der Waals surface area contributed by atoms with Gasteiger partial charge >= 0.3 is 0 Å². The largest absolute Gasteiger partial charge is 0.284 e. The SMILES string of the molecule is N#CC1CCCN1Cc1cccc(Cl)c1Cl. The first kappa shape index (κ1) is 11.7. The topological polar surface area (TPSA) is 27.0 Å². The zero-order valence-corrected chi connectivity index (χ0v) is 10.3. The number of hydrogen-bond donors (Lipinski definition) is 0. The molecule has 1 atom stereocenters. The predicted molar refractivity (Wildman–Crippen MR) is 65.5 cm³/mol. The van der Waals surface area contributed by atoms with E-state index < -0.39 is 0 Å². The van der Waals surface area contributed by atoms with Gasteiger partial charge < -0.3 is 0 Å². The Morgan fingerprint density at radius 3 is 3.00 bits per heavy atom. The molecule has 1 heterocycles. The van der Waals surface area contributed by atoms with Gasteiger partial charge in [-0.2, -0.15) is 5.26 Å². The highest BCUT2D eigenvalue weighted by Gasteiger charge is 2.24. The molecule has 1 aromatic rings. The summed E-state index contributed by atoms with van der Waals surface area (Å²) in [5, 5.41) is 10.2. The first-order chi connectivity index (χ1) is 7.72. The van der Waals surface area contributed by atoms with Gasteiger partial charge in [0, 0.05) is 6.54 Å². The average Bonchev–Trinajstić information content (AvgIpc) is 2.72.